The summed E-state index contributed by atoms with van der Waals surface area (Å²) in [5.41, 5.74) is 1.99. The van der Waals surface area contributed by atoms with Crippen LogP contribution in [0.25, 0.3) is 0 Å². The molecule has 0 spiro atoms. The van der Waals surface area contributed by atoms with Gasteiger partial charge in [0.15, 0.2) is 13.2 Å². The summed E-state index contributed by atoms with van der Waals surface area (Å²) >= 11 is 0. The van der Waals surface area contributed by atoms with Crippen molar-refractivity contribution in [2.75, 3.05) is 26.3 Å². The van der Waals surface area contributed by atoms with E-state index >= 15 is 0 Å². The Balaban J connectivity index is 1.65. The van der Waals surface area contributed by atoms with E-state index in [1.54, 1.807) is 0 Å². The van der Waals surface area contributed by atoms with Crippen molar-refractivity contribution in [3.63, 3.8) is 0 Å². The van der Waals surface area contributed by atoms with Gasteiger partial charge in [-0.15, -0.1) is 0 Å². The van der Waals surface area contributed by atoms with E-state index < -0.39 is 0 Å². The van der Waals surface area contributed by atoms with Crippen molar-refractivity contribution in [1.29, 1.82) is 0 Å². The molecule has 6 heteroatoms. The molecule has 0 saturated carbocycles. The summed E-state index contributed by atoms with van der Waals surface area (Å²) in [6.45, 7) is 13.5. The fourth-order valence-electron chi connectivity index (χ4n) is 3.36. The molecule has 33 heavy (non-hydrogen) atoms. The standard InChI is InChI=1S/C27H38N2O4/c1-26(2,3)20-12-7-9-14-22(20)32-18-24(30)28-16-11-17-29-25(31)19-33-23-15-10-8-13-21(23)27(4,5)6/h7-10,12-15H,11,16-19H2,1-6H3,(H,28,30)(H,29,31). The molecule has 0 radical (unpaired) electrons. The van der Waals surface area contributed by atoms with Crippen LogP contribution in [0.15, 0.2) is 48.5 Å². The maximum Gasteiger partial charge on any atom is 0.257 e. The molecule has 2 amide bonds. The van der Waals surface area contributed by atoms with Crippen LogP contribution >= 0.6 is 0 Å². The number of amides is 2. The van der Waals surface area contributed by atoms with Gasteiger partial charge in [0, 0.05) is 13.1 Å². The summed E-state index contributed by atoms with van der Waals surface area (Å²) in [7, 11) is 0. The summed E-state index contributed by atoms with van der Waals surface area (Å²) in [6.07, 6.45) is 0.620. The first-order chi connectivity index (χ1) is 15.5. The van der Waals surface area contributed by atoms with E-state index in [1.807, 2.05) is 48.5 Å². The van der Waals surface area contributed by atoms with Crippen LogP contribution in [-0.4, -0.2) is 38.1 Å². The lowest BCUT2D eigenvalue weighted by molar-refractivity contribution is -0.123. The lowest BCUT2D eigenvalue weighted by atomic mass is 9.86. The largest absolute Gasteiger partial charge is 0.483 e. The number of hydrogen-bond acceptors (Lipinski definition) is 4. The van der Waals surface area contributed by atoms with Crippen molar-refractivity contribution in [3.8, 4) is 11.5 Å². The zero-order chi connectivity index (χ0) is 24.5. The van der Waals surface area contributed by atoms with Crippen LogP contribution in [0.4, 0.5) is 0 Å². The molecule has 0 unspecified atom stereocenters. The van der Waals surface area contributed by atoms with E-state index in [2.05, 4.69) is 52.2 Å². The summed E-state index contributed by atoms with van der Waals surface area (Å²) in [4.78, 5) is 24.2. The maximum absolute atomic E-state index is 12.1. The molecule has 0 bridgehead atoms. The van der Waals surface area contributed by atoms with Gasteiger partial charge >= 0.3 is 0 Å². The summed E-state index contributed by atoms with van der Waals surface area (Å²) in [6, 6.07) is 15.5. The molecular formula is C27H38N2O4. The predicted octanol–water partition coefficient (Wildman–Crippen LogP) is 4.36. The van der Waals surface area contributed by atoms with E-state index in [0.29, 0.717) is 19.5 Å². The molecule has 0 heterocycles. The fraction of sp³-hybridized carbons (Fsp3) is 0.481. The maximum atomic E-state index is 12.1. The Morgan fingerprint density at radius 3 is 1.39 bits per heavy atom. The van der Waals surface area contributed by atoms with Crippen molar-refractivity contribution in [1.82, 2.24) is 10.6 Å². The Kier molecular flexibility index (Phi) is 9.32. The molecule has 0 saturated heterocycles. The van der Waals surface area contributed by atoms with Gasteiger partial charge in [0.05, 0.1) is 0 Å². The Labute approximate surface area is 198 Å². The number of rotatable bonds is 10. The number of hydrogen-bond donors (Lipinski definition) is 2. The van der Waals surface area contributed by atoms with Gasteiger partial charge in [0.1, 0.15) is 11.5 Å². The van der Waals surface area contributed by atoms with Gasteiger partial charge in [-0.25, -0.2) is 0 Å². The molecule has 6 nitrogen and oxygen atoms in total. The van der Waals surface area contributed by atoms with Crippen molar-refractivity contribution in [3.05, 3.63) is 59.7 Å². The molecule has 0 atom stereocenters. The van der Waals surface area contributed by atoms with Crippen LogP contribution in [0.2, 0.25) is 0 Å². The minimum absolute atomic E-state index is 0.0412. The normalized spacial score (nSPS) is 11.6. The number of ether oxygens (including phenoxy) is 2. The number of benzene rings is 2. The van der Waals surface area contributed by atoms with Gasteiger partial charge in [0.25, 0.3) is 11.8 Å². The Hall–Kier alpha value is -3.02. The summed E-state index contributed by atoms with van der Waals surface area (Å²) < 4.78 is 11.5. The molecule has 0 fully saturated rings. The first-order valence-corrected chi connectivity index (χ1v) is 11.5. The van der Waals surface area contributed by atoms with E-state index in [4.69, 9.17) is 9.47 Å². The second-order valence-corrected chi connectivity index (χ2v) is 10.1. The number of nitrogens with one attached hydrogen (secondary N) is 2. The summed E-state index contributed by atoms with van der Waals surface area (Å²) in [5, 5.41) is 5.64. The Morgan fingerprint density at radius 2 is 1.03 bits per heavy atom. The molecule has 2 N–H and O–H groups in total. The van der Waals surface area contributed by atoms with Gasteiger partial charge < -0.3 is 20.1 Å². The van der Waals surface area contributed by atoms with Crippen LogP contribution < -0.4 is 20.1 Å². The van der Waals surface area contributed by atoms with Crippen molar-refractivity contribution >= 4 is 11.8 Å². The highest BCUT2D eigenvalue weighted by atomic mass is 16.5. The van der Waals surface area contributed by atoms with Crippen LogP contribution in [0.1, 0.15) is 59.1 Å². The fourth-order valence-corrected chi connectivity index (χ4v) is 3.36. The smallest absolute Gasteiger partial charge is 0.257 e. The van der Waals surface area contributed by atoms with E-state index in [0.717, 1.165) is 22.6 Å². The van der Waals surface area contributed by atoms with E-state index in [-0.39, 0.29) is 35.9 Å². The van der Waals surface area contributed by atoms with Crippen LogP contribution in [0.5, 0.6) is 11.5 Å². The van der Waals surface area contributed by atoms with Gasteiger partial charge in [-0.1, -0.05) is 77.9 Å². The average molecular weight is 455 g/mol. The zero-order valence-corrected chi connectivity index (χ0v) is 20.8. The second kappa shape index (κ2) is 11.7. The van der Waals surface area contributed by atoms with Crippen LogP contribution in [0.3, 0.4) is 0 Å². The molecule has 2 rings (SSSR count). The highest BCUT2D eigenvalue weighted by Crippen LogP contribution is 2.31. The third-order valence-corrected chi connectivity index (χ3v) is 5.11. The first kappa shape index (κ1) is 26.2. The van der Waals surface area contributed by atoms with Crippen LogP contribution in [0, 0.1) is 0 Å². The highest BCUT2D eigenvalue weighted by molar-refractivity contribution is 5.78. The SMILES string of the molecule is CC(C)(C)c1ccccc1OCC(=O)NCCCNC(=O)COc1ccccc1C(C)(C)C. The monoisotopic (exact) mass is 454 g/mol. The Morgan fingerprint density at radius 1 is 0.667 bits per heavy atom. The minimum Gasteiger partial charge on any atom is -0.483 e. The third-order valence-electron chi connectivity index (χ3n) is 5.11. The molecule has 0 aromatic heterocycles. The Bertz CT molecular complexity index is 851. The molecule has 2 aromatic rings. The number of para-hydroxylation sites is 2. The van der Waals surface area contributed by atoms with E-state index in [1.165, 1.54) is 0 Å². The van der Waals surface area contributed by atoms with Crippen LogP contribution in [-0.2, 0) is 20.4 Å². The molecular weight excluding hydrogens is 416 g/mol. The van der Waals surface area contributed by atoms with Gasteiger partial charge in [-0.05, 0) is 40.5 Å². The van der Waals surface area contributed by atoms with Crippen molar-refractivity contribution in [2.24, 2.45) is 0 Å². The third kappa shape index (κ3) is 8.79. The lowest BCUT2D eigenvalue weighted by Gasteiger charge is -2.22. The zero-order valence-electron chi connectivity index (χ0n) is 20.8. The first-order valence-electron chi connectivity index (χ1n) is 11.5. The summed E-state index contributed by atoms with van der Waals surface area (Å²) in [5.74, 6) is 1.07. The van der Waals surface area contributed by atoms with Crippen molar-refractivity contribution in [2.45, 2.75) is 58.8 Å². The molecule has 0 aliphatic carbocycles. The molecule has 0 aliphatic heterocycles. The number of carbonyl (C=O) groups excluding carboxylic acids is 2. The van der Waals surface area contributed by atoms with Gasteiger partial charge in [0.2, 0.25) is 0 Å². The van der Waals surface area contributed by atoms with Gasteiger partial charge in [-0.2, -0.15) is 0 Å². The quantitative estimate of drug-likeness (QED) is 0.523. The molecule has 180 valence electrons. The molecule has 2 aromatic carbocycles. The van der Waals surface area contributed by atoms with E-state index in [9.17, 15) is 9.59 Å². The second-order valence-electron chi connectivity index (χ2n) is 10.1. The predicted molar refractivity (Wildman–Crippen MR) is 132 cm³/mol. The average Bonchev–Trinajstić information content (AvgIpc) is 2.75. The minimum atomic E-state index is -0.188. The highest BCUT2D eigenvalue weighted by Gasteiger charge is 2.20. The topological polar surface area (TPSA) is 76.7 Å². The van der Waals surface area contributed by atoms with Crippen molar-refractivity contribution < 1.29 is 19.1 Å². The number of carbonyl (C=O) groups is 2. The van der Waals surface area contributed by atoms with Gasteiger partial charge in [-0.3, -0.25) is 9.59 Å². The molecule has 0 aliphatic rings. The lowest BCUT2D eigenvalue weighted by Crippen LogP contribution is -2.34.